The number of benzene rings is 4. The lowest BCUT2D eigenvalue weighted by atomic mass is 9.84. The van der Waals surface area contributed by atoms with E-state index in [0.29, 0.717) is 6.42 Å². The van der Waals surface area contributed by atoms with Crippen LogP contribution < -0.4 is 22.9 Å². The van der Waals surface area contributed by atoms with Gasteiger partial charge in [-0.1, -0.05) is 72.8 Å². The predicted octanol–water partition coefficient (Wildman–Crippen LogP) is 1.64. The van der Waals surface area contributed by atoms with Crippen molar-refractivity contribution in [1.82, 2.24) is 0 Å². The lowest BCUT2D eigenvalue weighted by Gasteiger charge is -2.47. The van der Waals surface area contributed by atoms with Crippen LogP contribution in [0.1, 0.15) is 17.5 Å². The number of rotatable bonds is 9. The molecule has 1 heterocycles. The molecule has 10 atom stereocenters. The van der Waals surface area contributed by atoms with Crippen molar-refractivity contribution in [2.24, 2.45) is 22.9 Å². The lowest BCUT2D eigenvalue weighted by molar-refractivity contribution is -0.295. The van der Waals surface area contributed by atoms with Crippen molar-refractivity contribution in [2.75, 3.05) is 6.54 Å². The lowest BCUT2D eigenvalue weighted by Crippen LogP contribution is -2.68. The third kappa shape index (κ3) is 6.51. The van der Waals surface area contributed by atoms with Gasteiger partial charge in [0.15, 0.2) is 6.29 Å². The van der Waals surface area contributed by atoms with Crippen LogP contribution in [-0.2, 0) is 32.2 Å². The van der Waals surface area contributed by atoms with E-state index < -0.39 is 61.0 Å². The van der Waals surface area contributed by atoms with Crippen LogP contribution in [0.5, 0.6) is 0 Å². The fourth-order valence-electron chi connectivity index (χ4n) is 6.34. The van der Waals surface area contributed by atoms with Crippen molar-refractivity contribution in [1.29, 1.82) is 0 Å². The Balaban J connectivity index is 1.13. The van der Waals surface area contributed by atoms with Gasteiger partial charge in [0.2, 0.25) is 0 Å². The summed E-state index contributed by atoms with van der Waals surface area (Å²) in [6, 6.07) is 26.3. The van der Waals surface area contributed by atoms with Crippen LogP contribution in [0.3, 0.4) is 0 Å². The molecule has 234 valence electrons. The van der Waals surface area contributed by atoms with E-state index >= 15 is 0 Å². The summed E-state index contributed by atoms with van der Waals surface area (Å²) in [5, 5.41) is 26.9. The largest absolute Gasteiger partial charge is 0.388 e. The maximum Gasteiger partial charge on any atom is 0.176 e. The Kier molecular flexibility index (Phi) is 9.55. The summed E-state index contributed by atoms with van der Waals surface area (Å²) in [5.41, 5.74) is 27.3. The Labute approximate surface area is 256 Å². The van der Waals surface area contributed by atoms with Crippen LogP contribution in [0.25, 0.3) is 21.5 Å². The zero-order valence-corrected chi connectivity index (χ0v) is 24.5. The standard InChI is InChI=1S/C34H42N4O6/c35-16-27-29(39)33(42-18-20-10-12-22-6-2-4-8-24(22)14-20)28(38)34(43-27)44-32-26(37)15-25(36)31(30(32)40)41-17-19-9-11-21-5-1-3-7-23(21)13-19/h1-14,25-34,39-40H,15-18,35-38H2/t25-,26+,27-,28-,29-,30-,31+,32-,33-,34-/m1/s1. The quantitative estimate of drug-likeness (QED) is 0.165. The molecule has 0 bridgehead atoms. The molecular weight excluding hydrogens is 560 g/mol. The van der Waals surface area contributed by atoms with Gasteiger partial charge in [0.25, 0.3) is 0 Å². The molecule has 44 heavy (non-hydrogen) atoms. The Morgan fingerprint density at radius 2 is 1.18 bits per heavy atom. The minimum absolute atomic E-state index is 0.0191. The molecule has 10 heteroatoms. The number of hydrogen-bond acceptors (Lipinski definition) is 10. The summed E-state index contributed by atoms with van der Waals surface area (Å²) in [5.74, 6) is 0. The molecule has 10 N–H and O–H groups in total. The number of ether oxygens (including phenoxy) is 4. The number of aliphatic hydroxyl groups is 2. The van der Waals surface area contributed by atoms with E-state index in [2.05, 4.69) is 12.1 Å². The highest BCUT2D eigenvalue weighted by molar-refractivity contribution is 5.83. The molecule has 6 rings (SSSR count). The van der Waals surface area contributed by atoms with Crippen LogP contribution in [0.4, 0.5) is 0 Å². The number of hydrogen-bond donors (Lipinski definition) is 6. The Morgan fingerprint density at radius 3 is 1.75 bits per heavy atom. The number of nitrogens with two attached hydrogens (primary N) is 4. The van der Waals surface area contributed by atoms with Crippen molar-refractivity contribution in [2.45, 2.75) is 80.7 Å². The summed E-state index contributed by atoms with van der Waals surface area (Å²) in [6.45, 7) is 0.494. The molecule has 0 amide bonds. The van der Waals surface area contributed by atoms with Crippen LogP contribution in [-0.4, -0.2) is 77.8 Å². The average molecular weight is 603 g/mol. The second-order valence-electron chi connectivity index (χ2n) is 11.9. The topological polar surface area (TPSA) is 181 Å². The van der Waals surface area contributed by atoms with Gasteiger partial charge in [-0.3, -0.25) is 0 Å². The third-order valence-corrected chi connectivity index (χ3v) is 8.82. The second kappa shape index (κ2) is 13.6. The van der Waals surface area contributed by atoms with E-state index in [4.69, 9.17) is 41.9 Å². The molecule has 4 aromatic rings. The van der Waals surface area contributed by atoms with Crippen molar-refractivity contribution in [3.05, 3.63) is 96.1 Å². The van der Waals surface area contributed by atoms with Gasteiger partial charge in [0.05, 0.1) is 19.3 Å². The highest BCUT2D eigenvalue weighted by Gasteiger charge is 2.49. The van der Waals surface area contributed by atoms with Crippen molar-refractivity contribution in [3.8, 4) is 0 Å². The fraction of sp³-hybridized carbons (Fsp3) is 0.412. The molecule has 0 aromatic heterocycles. The van der Waals surface area contributed by atoms with Gasteiger partial charge >= 0.3 is 0 Å². The molecule has 0 spiro atoms. The van der Waals surface area contributed by atoms with Gasteiger partial charge in [-0.2, -0.15) is 0 Å². The predicted molar refractivity (Wildman–Crippen MR) is 168 cm³/mol. The summed E-state index contributed by atoms with van der Waals surface area (Å²) in [6.07, 6.45) is -6.17. The molecule has 1 saturated heterocycles. The highest BCUT2D eigenvalue weighted by Crippen LogP contribution is 2.30. The first-order chi connectivity index (χ1) is 21.3. The maximum absolute atomic E-state index is 11.4. The number of fused-ring (bicyclic) bond motifs is 2. The minimum Gasteiger partial charge on any atom is -0.388 e. The van der Waals surface area contributed by atoms with E-state index in [1.54, 1.807) is 0 Å². The smallest absolute Gasteiger partial charge is 0.176 e. The van der Waals surface area contributed by atoms with E-state index in [1.807, 2.05) is 72.8 Å². The fourth-order valence-corrected chi connectivity index (χ4v) is 6.34. The SMILES string of the molecule is NC[C@H]1O[C@H](O[C@H]2[C@H](O)[C@@H](OCc3ccc4ccccc4c3)[C@H](N)C[C@@H]2N)[C@H](N)[C@@H](OCc2ccc3ccccc3c2)[C@@H]1O. The van der Waals surface area contributed by atoms with Crippen LogP contribution >= 0.6 is 0 Å². The van der Waals surface area contributed by atoms with Gasteiger partial charge in [0, 0.05) is 18.6 Å². The third-order valence-electron chi connectivity index (χ3n) is 8.82. The van der Waals surface area contributed by atoms with Gasteiger partial charge < -0.3 is 52.1 Å². The Bertz CT molecular complexity index is 1560. The van der Waals surface area contributed by atoms with E-state index in [1.165, 1.54) is 0 Å². The molecular formula is C34H42N4O6. The average Bonchev–Trinajstić information content (AvgIpc) is 3.03. The summed E-state index contributed by atoms with van der Waals surface area (Å²) >= 11 is 0. The molecule has 4 aromatic carbocycles. The number of aliphatic hydroxyl groups excluding tert-OH is 2. The van der Waals surface area contributed by atoms with Gasteiger partial charge in [-0.15, -0.1) is 0 Å². The monoisotopic (exact) mass is 602 g/mol. The Hall–Kier alpha value is -3.00. The first-order valence-corrected chi connectivity index (χ1v) is 15.1. The van der Waals surface area contributed by atoms with E-state index in [0.717, 1.165) is 32.7 Å². The first kappa shape index (κ1) is 31.0. The Morgan fingerprint density at radius 1 is 0.659 bits per heavy atom. The zero-order chi connectivity index (χ0) is 30.8. The first-order valence-electron chi connectivity index (χ1n) is 15.1. The zero-order valence-electron chi connectivity index (χ0n) is 24.5. The summed E-state index contributed by atoms with van der Waals surface area (Å²) < 4.78 is 24.6. The summed E-state index contributed by atoms with van der Waals surface area (Å²) in [7, 11) is 0. The molecule has 0 radical (unpaired) electrons. The van der Waals surface area contributed by atoms with Crippen molar-refractivity contribution in [3.63, 3.8) is 0 Å². The summed E-state index contributed by atoms with van der Waals surface area (Å²) in [4.78, 5) is 0. The van der Waals surface area contributed by atoms with Gasteiger partial charge in [0.1, 0.15) is 36.6 Å². The van der Waals surface area contributed by atoms with Crippen molar-refractivity contribution < 1.29 is 29.2 Å². The van der Waals surface area contributed by atoms with Crippen LogP contribution in [0, 0.1) is 0 Å². The minimum atomic E-state index is -1.15. The molecule has 1 aliphatic carbocycles. The molecule has 1 aliphatic heterocycles. The van der Waals surface area contributed by atoms with Crippen LogP contribution in [0.15, 0.2) is 84.9 Å². The van der Waals surface area contributed by atoms with Crippen LogP contribution in [0.2, 0.25) is 0 Å². The molecule has 10 nitrogen and oxygen atoms in total. The van der Waals surface area contributed by atoms with Crippen molar-refractivity contribution >= 4 is 21.5 Å². The second-order valence-corrected chi connectivity index (χ2v) is 11.9. The van der Waals surface area contributed by atoms with Gasteiger partial charge in [-0.25, -0.2) is 0 Å². The van der Waals surface area contributed by atoms with E-state index in [9.17, 15) is 10.2 Å². The molecule has 1 saturated carbocycles. The normalized spacial score (nSPS) is 32.7. The molecule has 2 fully saturated rings. The molecule has 2 aliphatic rings. The van der Waals surface area contributed by atoms with E-state index in [-0.39, 0.29) is 19.8 Å². The van der Waals surface area contributed by atoms with Gasteiger partial charge in [-0.05, 0) is 51.2 Å². The highest BCUT2D eigenvalue weighted by atomic mass is 16.7. The maximum atomic E-state index is 11.4. The molecule has 0 unspecified atom stereocenters.